The van der Waals surface area contributed by atoms with Crippen LogP contribution in [0.15, 0.2) is 24.3 Å². The van der Waals surface area contributed by atoms with Crippen LogP contribution in [0.3, 0.4) is 0 Å². The average Bonchev–Trinajstić information content (AvgIpc) is 2.38. The Balaban J connectivity index is 1.74. The minimum Gasteiger partial charge on any atom is -0.310 e. The third-order valence-corrected chi connectivity index (χ3v) is 3.83. The molecule has 0 bridgehead atoms. The molecule has 0 aromatic heterocycles. The number of nitrogens with zero attached hydrogens (tertiary/aromatic N) is 1. The van der Waals surface area contributed by atoms with Crippen LogP contribution in [0.1, 0.15) is 24.0 Å². The van der Waals surface area contributed by atoms with Gasteiger partial charge in [-0.3, -0.25) is 4.90 Å². The quantitative estimate of drug-likeness (QED) is 0.915. The van der Waals surface area contributed by atoms with Crippen LogP contribution in [0.5, 0.6) is 0 Å². The number of hydrogen-bond acceptors (Lipinski definition) is 2. The molecule has 2 nitrogen and oxygen atoms in total. The van der Waals surface area contributed by atoms with E-state index >= 15 is 0 Å². The number of aryl methyl sites for hydroxylation is 1. The highest BCUT2D eigenvalue weighted by molar-refractivity contribution is 5.25. The number of piperidine rings is 1. The molecule has 1 heterocycles. The predicted octanol–water partition coefficient (Wildman–Crippen LogP) is 3.11. The lowest BCUT2D eigenvalue weighted by atomic mass is 10.0. The van der Waals surface area contributed by atoms with Gasteiger partial charge in [0.05, 0.1) is 6.54 Å². The molecule has 1 N–H and O–H groups in total. The molecule has 112 valence electrons. The van der Waals surface area contributed by atoms with Crippen molar-refractivity contribution in [3.8, 4) is 0 Å². The van der Waals surface area contributed by atoms with E-state index in [9.17, 15) is 13.2 Å². The van der Waals surface area contributed by atoms with Gasteiger partial charge in [0.2, 0.25) is 0 Å². The summed E-state index contributed by atoms with van der Waals surface area (Å²) in [5.74, 6) is 0. The van der Waals surface area contributed by atoms with E-state index in [0.29, 0.717) is 19.1 Å². The maximum Gasteiger partial charge on any atom is 0.401 e. The van der Waals surface area contributed by atoms with Crippen molar-refractivity contribution in [3.63, 3.8) is 0 Å². The molecule has 2 rings (SSSR count). The smallest absolute Gasteiger partial charge is 0.310 e. The van der Waals surface area contributed by atoms with Gasteiger partial charge in [-0.1, -0.05) is 24.3 Å². The van der Waals surface area contributed by atoms with Crippen LogP contribution < -0.4 is 5.32 Å². The lowest BCUT2D eigenvalue weighted by Crippen LogP contribution is -2.45. The Morgan fingerprint density at radius 2 is 1.85 bits per heavy atom. The normalized spacial score (nSPS) is 18.4. The second-order valence-corrected chi connectivity index (χ2v) is 5.47. The average molecular weight is 286 g/mol. The first-order chi connectivity index (χ1) is 9.44. The van der Waals surface area contributed by atoms with Gasteiger partial charge in [0.25, 0.3) is 0 Å². The number of rotatable bonds is 4. The number of nitrogens with one attached hydrogen (secondary N) is 1. The molecule has 1 saturated heterocycles. The van der Waals surface area contributed by atoms with Gasteiger partial charge in [0, 0.05) is 12.6 Å². The zero-order valence-corrected chi connectivity index (χ0v) is 11.7. The third-order valence-electron chi connectivity index (χ3n) is 3.83. The molecule has 1 aliphatic rings. The van der Waals surface area contributed by atoms with Gasteiger partial charge < -0.3 is 5.32 Å². The van der Waals surface area contributed by atoms with Gasteiger partial charge in [-0.05, 0) is 44.0 Å². The molecular weight excluding hydrogens is 265 g/mol. The number of halogens is 3. The van der Waals surface area contributed by atoms with Crippen molar-refractivity contribution in [1.29, 1.82) is 0 Å². The van der Waals surface area contributed by atoms with Crippen molar-refractivity contribution in [2.24, 2.45) is 0 Å². The summed E-state index contributed by atoms with van der Waals surface area (Å²) in [6.45, 7) is 3.12. The summed E-state index contributed by atoms with van der Waals surface area (Å²) in [5, 5.41) is 3.45. The van der Waals surface area contributed by atoms with E-state index < -0.39 is 12.7 Å². The molecule has 1 aliphatic heterocycles. The fourth-order valence-corrected chi connectivity index (χ4v) is 2.61. The number of hydrogen-bond donors (Lipinski definition) is 1. The van der Waals surface area contributed by atoms with Gasteiger partial charge in [-0.15, -0.1) is 0 Å². The van der Waals surface area contributed by atoms with E-state index in [1.54, 1.807) is 0 Å². The second-order valence-electron chi connectivity index (χ2n) is 5.47. The van der Waals surface area contributed by atoms with E-state index in [1.807, 2.05) is 12.1 Å². The molecular formula is C15H21F3N2. The Kier molecular flexibility index (Phi) is 5.05. The van der Waals surface area contributed by atoms with Crippen LogP contribution in [0.4, 0.5) is 13.2 Å². The first kappa shape index (κ1) is 15.3. The standard InChI is InChI=1S/C15H21F3N2/c1-12-4-2-3-5-13(12)10-19-14-6-8-20(9-7-14)11-15(16,17)18/h2-5,14,19H,6-11H2,1H3. The minimum absolute atomic E-state index is 0.319. The van der Waals surface area contributed by atoms with Crippen molar-refractivity contribution < 1.29 is 13.2 Å². The lowest BCUT2D eigenvalue weighted by molar-refractivity contribution is -0.148. The van der Waals surface area contributed by atoms with E-state index in [1.165, 1.54) is 16.0 Å². The van der Waals surface area contributed by atoms with Gasteiger partial charge in [-0.25, -0.2) is 0 Å². The molecule has 0 saturated carbocycles. The molecule has 20 heavy (non-hydrogen) atoms. The molecule has 1 fully saturated rings. The van der Waals surface area contributed by atoms with Gasteiger partial charge >= 0.3 is 6.18 Å². The van der Waals surface area contributed by atoms with Gasteiger partial charge in [0.15, 0.2) is 0 Å². The summed E-state index contributed by atoms with van der Waals surface area (Å²) < 4.78 is 36.9. The Morgan fingerprint density at radius 3 is 2.45 bits per heavy atom. The maximum absolute atomic E-state index is 12.3. The highest BCUT2D eigenvalue weighted by atomic mass is 19.4. The largest absolute Gasteiger partial charge is 0.401 e. The van der Waals surface area contributed by atoms with Gasteiger partial charge in [-0.2, -0.15) is 13.2 Å². The predicted molar refractivity (Wildman–Crippen MR) is 73.5 cm³/mol. The first-order valence-electron chi connectivity index (χ1n) is 7.01. The monoisotopic (exact) mass is 286 g/mol. The molecule has 0 aliphatic carbocycles. The minimum atomic E-state index is -4.08. The molecule has 1 aromatic rings. The van der Waals surface area contributed by atoms with E-state index in [0.717, 1.165) is 19.4 Å². The Morgan fingerprint density at radius 1 is 1.20 bits per heavy atom. The molecule has 0 atom stereocenters. The first-order valence-corrected chi connectivity index (χ1v) is 7.01. The SMILES string of the molecule is Cc1ccccc1CNC1CCN(CC(F)(F)F)CC1. The van der Waals surface area contributed by atoms with E-state index in [2.05, 4.69) is 24.4 Å². The zero-order chi connectivity index (χ0) is 14.6. The van der Waals surface area contributed by atoms with Crippen LogP contribution in [0, 0.1) is 6.92 Å². The van der Waals surface area contributed by atoms with Gasteiger partial charge in [0.1, 0.15) is 0 Å². The summed E-state index contributed by atoms with van der Waals surface area (Å²) >= 11 is 0. The number of likely N-dealkylation sites (tertiary alicyclic amines) is 1. The molecule has 0 amide bonds. The second kappa shape index (κ2) is 6.59. The van der Waals surface area contributed by atoms with Crippen LogP contribution in [-0.4, -0.2) is 36.8 Å². The molecule has 0 spiro atoms. The Hall–Kier alpha value is -1.07. The van der Waals surface area contributed by atoms with Crippen molar-refractivity contribution in [2.45, 2.75) is 38.5 Å². The highest BCUT2D eigenvalue weighted by Crippen LogP contribution is 2.20. The maximum atomic E-state index is 12.3. The number of alkyl halides is 3. The summed E-state index contributed by atoms with van der Waals surface area (Å²) in [6, 6.07) is 8.49. The highest BCUT2D eigenvalue weighted by Gasteiger charge is 2.32. The Bertz CT molecular complexity index is 423. The van der Waals surface area contributed by atoms with Crippen molar-refractivity contribution in [1.82, 2.24) is 10.2 Å². The molecule has 5 heteroatoms. The topological polar surface area (TPSA) is 15.3 Å². The van der Waals surface area contributed by atoms with E-state index in [-0.39, 0.29) is 0 Å². The van der Waals surface area contributed by atoms with Crippen LogP contribution in [-0.2, 0) is 6.54 Å². The lowest BCUT2D eigenvalue weighted by Gasteiger charge is -2.32. The molecule has 1 aromatic carbocycles. The summed E-state index contributed by atoms with van der Waals surface area (Å²) in [4.78, 5) is 1.49. The fraction of sp³-hybridized carbons (Fsp3) is 0.600. The van der Waals surface area contributed by atoms with Crippen LogP contribution in [0.2, 0.25) is 0 Å². The van der Waals surface area contributed by atoms with Crippen molar-refractivity contribution >= 4 is 0 Å². The van der Waals surface area contributed by atoms with Crippen molar-refractivity contribution in [3.05, 3.63) is 35.4 Å². The fourth-order valence-electron chi connectivity index (χ4n) is 2.61. The van der Waals surface area contributed by atoms with E-state index in [4.69, 9.17) is 0 Å². The summed E-state index contributed by atoms with van der Waals surface area (Å²) in [7, 11) is 0. The van der Waals surface area contributed by atoms with Crippen molar-refractivity contribution in [2.75, 3.05) is 19.6 Å². The summed E-state index contributed by atoms with van der Waals surface area (Å²) in [5.41, 5.74) is 2.50. The molecule has 0 unspecified atom stereocenters. The van der Waals surface area contributed by atoms with Crippen LogP contribution >= 0.6 is 0 Å². The van der Waals surface area contributed by atoms with Crippen LogP contribution in [0.25, 0.3) is 0 Å². The summed E-state index contributed by atoms with van der Waals surface area (Å²) in [6.07, 6.45) is -2.52. The number of benzene rings is 1. The Labute approximate surface area is 118 Å². The third kappa shape index (κ3) is 4.80. The zero-order valence-electron chi connectivity index (χ0n) is 11.7. The molecule has 0 radical (unpaired) electrons.